The van der Waals surface area contributed by atoms with E-state index in [0.29, 0.717) is 19.6 Å². The van der Waals surface area contributed by atoms with Gasteiger partial charge >= 0.3 is 7.54 Å². The van der Waals surface area contributed by atoms with E-state index in [0.717, 1.165) is 0 Å². The molecular weight excluding hydrogens is 293 g/mol. The quantitative estimate of drug-likeness (QED) is 0.559. The summed E-state index contributed by atoms with van der Waals surface area (Å²) in [7, 11) is -3.67. The van der Waals surface area contributed by atoms with Gasteiger partial charge in [0.15, 0.2) is 0 Å². The van der Waals surface area contributed by atoms with Crippen molar-refractivity contribution in [3.8, 4) is 0 Å². The van der Waals surface area contributed by atoms with Gasteiger partial charge in [0.1, 0.15) is 0 Å². The molecule has 0 aromatic carbocycles. The number of rotatable bonds is 6. The van der Waals surface area contributed by atoms with Gasteiger partial charge in [-0.2, -0.15) is 0 Å². The molecular formula is C6H15BF3NO3Zr. The molecule has 0 rings (SSSR count). The van der Waals surface area contributed by atoms with Crippen LogP contribution in [0.4, 0.5) is 12.9 Å². The summed E-state index contributed by atoms with van der Waals surface area (Å²) in [6, 6.07) is 0. The van der Waals surface area contributed by atoms with Gasteiger partial charge < -0.3 is 15.3 Å². The van der Waals surface area contributed by atoms with Crippen molar-refractivity contribution >= 4 is 7.54 Å². The molecule has 0 atom stereocenters. The van der Waals surface area contributed by atoms with Crippen LogP contribution in [-0.4, -0.2) is 67.2 Å². The normalized spacial score (nSPS) is 9.00. The topological polar surface area (TPSA) is 63.9 Å². The molecule has 0 aromatic heterocycles. The van der Waals surface area contributed by atoms with Gasteiger partial charge in [0.2, 0.25) is 0 Å². The van der Waals surface area contributed by atoms with Crippen LogP contribution in [0.15, 0.2) is 0 Å². The first-order valence-electron chi connectivity index (χ1n) is 4.05. The van der Waals surface area contributed by atoms with Crippen molar-refractivity contribution in [2.45, 2.75) is 0 Å². The van der Waals surface area contributed by atoms with Crippen LogP contribution in [0.2, 0.25) is 0 Å². The van der Waals surface area contributed by atoms with E-state index in [4.69, 9.17) is 15.3 Å². The molecule has 0 saturated heterocycles. The van der Waals surface area contributed by atoms with Crippen LogP contribution >= 0.6 is 0 Å². The van der Waals surface area contributed by atoms with Crippen LogP contribution in [0.3, 0.4) is 0 Å². The molecule has 0 bridgehead atoms. The van der Waals surface area contributed by atoms with E-state index >= 15 is 0 Å². The summed E-state index contributed by atoms with van der Waals surface area (Å²) in [6.45, 7) is 1.75. The maximum Gasteiger partial charge on any atom is 0.762 e. The minimum atomic E-state index is -3.67. The van der Waals surface area contributed by atoms with E-state index in [1.165, 1.54) is 0 Å². The largest absolute Gasteiger partial charge is 0.762 e. The van der Waals surface area contributed by atoms with Crippen LogP contribution in [0.25, 0.3) is 0 Å². The van der Waals surface area contributed by atoms with Gasteiger partial charge in [-0.15, -0.1) is 0 Å². The van der Waals surface area contributed by atoms with E-state index < -0.39 is 7.54 Å². The predicted molar refractivity (Wildman–Crippen MR) is 46.8 cm³/mol. The molecule has 0 aliphatic rings. The van der Waals surface area contributed by atoms with Crippen molar-refractivity contribution in [2.75, 3.05) is 39.5 Å². The summed E-state index contributed by atoms with van der Waals surface area (Å²) in [6.07, 6.45) is 0. The summed E-state index contributed by atoms with van der Waals surface area (Å²) in [5, 5.41) is 25.5. The van der Waals surface area contributed by atoms with E-state index in [2.05, 4.69) is 0 Å². The van der Waals surface area contributed by atoms with Gasteiger partial charge in [0, 0.05) is 45.8 Å². The van der Waals surface area contributed by atoms with Crippen molar-refractivity contribution in [3.63, 3.8) is 0 Å². The minimum absolute atomic E-state index is 0. The summed E-state index contributed by atoms with van der Waals surface area (Å²) in [4.78, 5) is 1.79. The van der Waals surface area contributed by atoms with Crippen LogP contribution < -0.4 is 0 Å². The Morgan fingerprint density at radius 3 is 1.13 bits per heavy atom. The minimum Gasteiger partial charge on any atom is -0.395 e. The summed E-state index contributed by atoms with van der Waals surface area (Å²) < 4.78 is 29.0. The fraction of sp³-hybridized carbons (Fsp3) is 1.00. The second kappa shape index (κ2) is 17.0. The fourth-order valence-corrected chi connectivity index (χ4v) is 0.760. The molecule has 0 aromatic rings. The van der Waals surface area contributed by atoms with Gasteiger partial charge in [-0.25, -0.2) is 0 Å². The Morgan fingerprint density at radius 1 is 0.800 bits per heavy atom. The van der Waals surface area contributed by atoms with Crippen molar-refractivity contribution in [2.24, 2.45) is 0 Å². The van der Waals surface area contributed by atoms with Crippen molar-refractivity contribution in [1.82, 2.24) is 4.90 Å². The number of aliphatic hydroxyl groups is 3. The maximum atomic E-state index is 9.67. The van der Waals surface area contributed by atoms with Gasteiger partial charge in [-0.1, -0.05) is 0 Å². The summed E-state index contributed by atoms with van der Waals surface area (Å²) in [5.74, 6) is 0. The summed E-state index contributed by atoms with van der Waals surface area (Å²) >= 11 is 0. The first-order valence-corrected chi connectivity index (χ1v) is 4.05. The van der Waals surface area contributed by atoms with Gasteiger partial charge in [-0.3, -0.25) is 17.8 Å². The third-order valence-corrected chi connectivity index (χ3v) is 1.25. The van der Waals surface area contributed by atoms with Crippen LogP contribution in [0.5, 0.6) is 0 Å². The van der Waals surface area contributed by atoms with Crippen molar-refractivity contribution in [1.29, 1.82) is 0 Å². The Hall–Kier alpha value is 0.578. The Kier molecular flexibility index (Phi) is 23.7. The molecule has 0 aliphatic carbocycles. The monoisotopic (exact) mass is 307 g/mol. The van der Waals surface area contributed by atoms with Crippen molar-refractivity contribution < 1.29 is 54.5 Å². The first-order chi connectivity index (χ1) is 6.58. The zero-order valence-electron chi connectivity index (χ0n) is 8.24. The Bertz CT molecular complexity index is 101. The molecule has 4 nitrogen and oxygen atoms in total. The van der Waals surface area contributed by atoms with E-state index in [-0.39, 0.29) is 46.0 Å². The molecule has 0 radical (unpaired) electrons. The molecule has 0 spiro atoms. The molecule has 0 saturated carbocycles. The second-order valence-electron chi connectivity index (χ2n) is 2.26. The molecule has 0 fully saturated rings. The Labute approximate surface area is 106 Å². The SMILES string of the molecule is FB(F)F.OCCN(CCO)CCO.[Zr]. The molecule has 9 heteroatoms. The van der Waals surface area contributed by atoms with E-state index in [1.54, 1.807) is 4.90 Å². The van der Waals surface area contributed by atoms with Crippen LogP contribution in [0, 0.1) is 0 Å². The smallest absolute Gasteiger partial charge is 0.395 e. The van der Waals surface area contributed by atoms with Gasteiger partial charge in [0.05, 0.1) is 19.8 Å². The number of hydrogen-bond acceptors (Lipinski definition) is 4. The van der Waals surface area contributed by atoms with Crippen LogP contribution in [-0.2, 0) is 26.2 Å². The van der Waals surface area contributed by atoms with Crippen molar-refractivity contribution in [3.05, 3.63) is 0 Å². The molecule has 15 heavy (non-hydrogen) atoms. The van der Waals surface area contributed by atoms with E-state index in [1.807, 2.05) is 0 Å². The first kappa shape index (κ1) is 20.9. The van der Waals surface area contributed by atoms with Crippen LogP contribution in [0.1, 0.15) is 0 Å². The van der Waals surface area contributed by atoms with Gasteiger partial charge in [-0.05, 0) is 0 Å². The zero-order valence-corrected chi connectivity index (χ0v) is 10.7. The van der Waals surface area contributed by atoms with Gasteiger partial charge in [0.25, 0.3) is 0 Å². The zero-order chi connectivity index (χ0) is 11.4. The molecule has 90 valence electrons. The molecule has 0 amide bonds. The molecule has 3 N–H and O–H groups in total. The fourth-order valence-electron chi connectivity index (χ4n) is 0.760. The third kappa shape index (κ3) is 25.1. The standard InChI is InChI=1S/C6H15NO3.BF3.Zr/c8-4-1-7(2-5-9)3-6-10;2-1(3)4;/h8-10H,1-6H2;;. The molecule has 0 heterocycles. The number of nitrogens with zero attached hydrogens (tertiary/aromatic N) is 1. The average molecular weight is 308 g/mol. The number of halogens is 3. The summed E-state index contributed by atoms with van der Waals surface area (Å²) in [5.41, 5.74) is 0. The molecule has 0 unspecified atom stereocenters. The maximum absolute atomic E-state index is 9.67. The Morgan fingerprint density at radius 2 is 1.00 bits per heavy atom. The predicted octanol–water partition coefficient (Wildman–Crippen LogP) is -0.857. The number of aliphatic hydroxyl groups excluding tert-OH is 3. The number of hydrogen-bond donors (Lipinski definition) is 3. The average Bonchev–Trinajstić information content (AvgIpc) is 2.04. The molecule has 0 aliphatic heterocycles. The van der Waals surface area contributed by atoms with E-state index in [9.17, 15) is 12.9 Å². The third-order valence-electron chi connectivity index (χ3n) is 1.25. The second-order valence-corrected chi connectivity index (χ2v) is 2.26. The Balaban J connectivity index is -0.000000249.